The summed E-state index contributed by atoms with van der Waals surface area (Å²) in [5.41, 5.74) is -0.920. The van der Waals surface area contributed by atoms with Crippen LogP contribution in [0.5, 0.6) is 0 Å². The van der Waals surface area contributed by atoms with E-state index in [-0.39, 0.29) is 43.9 Å². The highest BCUT2D eigenvalue weighted by atomic mass is 35.5. The summed E-state index contributed by atoms with van der Waals surface area (Å²) in [7, 11) is 1.30. The molecule has 1 unspecified atom stereocenters. The van der Waals surface area contributed by atoms with E-state index in [1.807, 2.05) is 0 Å². The number of allylic oxidation sites excluding steroid dienone is 2. The Morgan fingerprint density at radius 3 is 2.51 bits per heavy atom. The van der Waals surface area contributed by atoms with E-state index in [0.29, 0.717) is 15.7 Å². The number of thiocarbonyl (C=S) groups is 1. The molecule has 1 aliphatic rings. The van der Waals surface area contributed by atoms with Crippen molar-refractivity contribution in [2.75, 3.05) is 12.4 Å². The summed E-state index contributed by atoms with van der Waals surface area (Å²) in [5.74, 6) is -1.02. The second-order valence-corrected chi connectivity index (χ2v) is 10.9. The summed E-state index contributed by atoms with van der Waals surface area (Å²) in [6.45, 7) is 3.34. The minimum absolute atomic E-state index is 0.00113. The molecule has 3 heterocycles. The molecule has 5 rings (SSSR count). The molecule has 4 aromatic rings. The third-order valence-corrected chi connectivity index (χ3v) is 7.20. The molecule has 0 saturated carbocycles. The lowest BCUT2D eigenvalue weighted by atomic mass is 10.0. The normalized spacial score (nSPS) is 17.2. The molecule has 14 heteroatoms. The second-order valence-electron chi connectivity index (χ2n) is 8.65. The summed E-state index contributed by atoms with van der Waals surface area (Å²) in [4.78, 5) is 0.449. The molecule has 1 atom stereocenters. The SMILES string of the molecule is CC(=S)Nc1cccc([N+]2(C)N=CC(c3onc(-c4c(F)cccc4Cl)c3-c3nnc(C)s3)=C2C(F)(F)F)c1. The smallest absolute Gasteiger partial charge is 0.355 e. The van der Waals surface area contributed by atoms with Crippen LogP contribution in [0, 0.1) is 12.7 Å². The number of hydrogen-bond acceptors (Lipinski definition) is 7. The minimum atomic E-state index is -4.86. The number of halogens is 5. The van der Waals surface area contributed by atoms with Crippen LogP contribution in [-0.2, 0) is 0 Å². The van der Waals surface area contributed by atoms with Gasteiger partial charge in [0.05, 0.1) is 21.1 Å². The van der Waals surface area contributed by atoms with E-state index in [9.17, 15) is 17.6 Å². The summed E-state index contributed by atoms with van der Waals surface area (Å²) in [6, 6.07) is 10.3. The van der Waals surface area contributed by atoms with Crippen molar-refractivity contribution in [3.63, 3.8) is 0 Å². The predicted molar refractivity (Wildman–Crippen MR) is 148 cm³/mol. The van der Waals surface area contributed by atoms with Crippen molar-refractivity contribution >= 4 is 63.3 Å². The lowest BCUT2D eigenvalue weighted by molar-refractivity contribution is -0.106. The van der Waals surface area contributed by atoms with Gasteiger partial charge in [-0.25, -0.2) is 4.39 Å². The number of rotatable bonds is 5. The van der Waals surface area contributed by atoms with Gasteiger partial charge in [0, 0.05) is 17.8 Å². The van der Waals surface area contributed by atoms with Crippen LogP contribution in [0.3, 0.4) is 0 Å². The average molecular weight is 594 g/mol. The first kappa shape index (κ1) is 27.1. The zero-order valence-electron chi connectivity index (χ0n) is 20.5. The molecule has 2 aromatic carbocycles. The van der Waals surface area contributed by atoms with Gasteiger partial charge in [0.15, 0.2) is 16.5 Å². The Kier molecular flexibility index (Phi) is 6.87. The molecule has 0 amide bonds. The van der Waals surface area contributed by atoms with Gasteiger partial charge >= 0.3 is 6.18 Å². The van der Waals surface area contributed by atoms with Gasteiger partial charge in [0.25, 0.3) is 5.70 Å². The van der Waals surface area contributed by atoms with E-state index in [4.69, 9.17) is 28.3 Å². The van der Waals surface area contributed by atoms with E-state index in [2.05, 4.69) is 25.8 Å². The molecule has 1 aliphatic heterocycles. The van der Waals surface area contributed by atoms with Gasteiger partial charge in [-0.2, -0.15) is 13.2 Å². The number of aryl methyl sites for hydroxylation is 1. The number of nitrogens with one attached hydrogen (secondary N) is 1. The fraction of sp³-hybridized carbons (Fsp3) is 0.160. The van der Waals surface area contributed by atoms with Crippen molar-refractivity contribution in [1.29, 1.82) is 0 Å². The first-order valence-electron chi connectivity index (χ1n) is 11.3. The number of nitrogens with zero attached hydrogens (tertiary/aromatic N) is 5. The molecule has 0 saturated heterocycles. The Labute approximate surface area is 234 Å². The third kappa shape index (κ3) is 4.86. The first-order valence-corrected chi connectivity index (χ1v) is 12.9. The highest BCUT2D eigenvalue weighted by Gasteiger charge is 2.56. The van der Waals surface area contributed by atoms with Crippen LogP contribution in [0.2, 0.25) is 5.02 Å². The van der Waals surface area contributed by atoms with Gasteiger partial charge in [0.1, 0.15) is 35.4 Å². The van der Waals surface area contributed by atoms with Crippen molar-refractivity contribution in [2.24, 2.45) is 5.10 Å². The summed E-state index contributed by atoms with van der Waals surface area (Å²) in [6.07, 6.45) is -3.79. The maximum Gasteiger partial charge on any atom is 0.470 e. The van der Waals surface area contributed by atoms with E-state index in [1.54, 1.807) is 26.0 Å². The van der Waals surface area contributed by atoms with Crippen LogP contribution in [0.15, 0.2) is 57.8 Å². The van der Waals surface area contributed by atoms with E-state index >= 15 is 0 Å². The van der Waals surface area contributed by atoms with Crippen molar-refractivity contribution in [2.45, 2.75) is 20.0 Å². The number of anilines is 1. The lowest BCUT2D eigenvalue weighted by Gasteiger charge is -2.27. The van der Waals surface area contributed by atoms with Crippen LogP contribution in [-0.4, -0.2) is 39.8 Å². The minimum Gasteiger partial charge on any atom is -0.355 e. The molecule has 0 fully saturated rings. The third-order valence-electron chi connectivity index (χ3n) is 5.92. The lowest BCUT2D eigenvalue weighted by Crippen LogP contribution is -2.42. The van der Waals surface area contributed by atoms with Crippen LogP contribution < -0.4 is 9.91 Å². The van der Waals surface area contributed by atoms with E-state index < -0.39 is 22.3 Å². The molecule has 0 radical (unpaired) electrons. The van der Waals surface area contributed by atoms with Gasteiger partial charge in [-0.15, -0.1) is 14.8 Å². The molecule has 7 nitrogen and oxygen atoms in total. The number of hydrogen-bond donors (Lipinski definition) is 1. The number of quaternary nitrogens is 1. The topological polar surface area (TPSA) is 76.2 Å². The Balaban J connectivity index is 1.78. The predicted octanol–water partition coefficient (Wildman–Crippen LogP) is 7.63. The van der Waals surface area contributed by atoms with Crippen LogP contribution >= 0.6 is 35.2 Å². The molecule has 0 bridgehead atoms. The molecule has 39 heavy (non-hydrogen) atoms. The van der Waals surface area contributed by atoms with Gasteiger partial charge in [0.2, 0.25) is 0 Å². The maximum absolute atomic E-state index is 14.9. The zero-order chi connectivity index (χ0) is 28.1. The van der Waals surface area contributed by atoms with Crippen molar-refractivity contribution in [3.05, 3.63) is 69.8 Å². The molecular weight excluding hydrogens is 576 g/mol. The van der Waals surface area contributed by atoms with Crippen molar-refractivity contribution in [1.82, 2.24) is 19.9 Å². The van der Waals surface area contributed by atoms with Crippen molar-refractivity contribution in [3.8, 4) is 21.8 Å². The zero-order valence-corrected chi connectivity index (χ0v) is 22.9. The first-order chi connectivity index (χ1) is 18.4. The molecule has 2 aromatic heterocycles. The van der Waals surface area contributed by atoms with Gasteiger partial charge < -0.3 is 9.84 Å². The van der Waals surface area contributed by atoms with E-state index in [1.165, 1.54) is 37.4 Å². The van der Waals surface area contributed by atoms with Gasteiger partial charge in [-0.1, -0.05) is 57.5 Å². The average Bonchev–Trinajstić information content (AvgIpc) is 3.55. The summed E-state index contributed by atoms with van der Waals surface area (Å²) >= 11 is 12.4. The summed E-state index contributed by atoms with van der Waals surface area (Å²) in [5, 5.41) is 19.9. The quantitative estimate of drug-likeness (QED) is 0.146. The maximum atomic E-state index is 14.9. The Morgan fingerprint density at radius 2 is 1.87 bits per heavy atom. The van der Waals surface area contributed by atoms with Crippen LogP contribution in [0.4, 0.5) is 28.9 Å². The number of benzene rings is 2. The van der Waals surface area contributed by atoms with Crippen LogP contribution in [0.1, 0.15) is 17.7 Å². The Bertz CT molecular complexity index is 1660. The summed E-state index contributed by atoms with van der Waals surface area (Å²) < 4.78 is 63.9. The highest BCUT2D eigenvalue weighted by molar-refractivity contribution is 7.80. The number of alkyl halides is 3. The molecule has 0 aliphatic carbocycles. The van der Waals surface area contributed by atoms with Crippen molar-refractivity contribution < 1.29 is 22.1 Å². The Hall–Kier alpha value is -3.52. The van der Waals surface area contributed by atoms with Gasteiger partial charge in [-0.3, -0.25) is 0 Å². The van der Waals surface area contributed by atoms with E-state index in [0.717, 1.165) is 17.6 Å². The molecular formula is C25H18ClF4N6OS2+. The van der Waals surface area contributed by atoms with Gasteiger partial charge in [-0.05, 0) is 32.0 Å². The highest BCUT2D eigenvalue weighted by Crippen LogP contribution is 2.49. The number of aromatic nitrogens is 3. The Morgan fingerprint density at radius 1 is 1.13 bits per heavy atom. The fourth-order valence-corrected chi connectivity index (χ4v) is 5.42. The monoisotopic (exact) mass is 593 g/mol. The van der Waals surface area contributed by atoms with Crippen LogP contribution in [0.25, 0.3) is 27.4 Å². The standard InChI is InChI=1S/C25H17ClF4N6OS2/c1-12(38)32-14-6-4-7-15(10-14)36(3)23(25(28,29)30)16(11-31-36)22-20(24-34-33-13(2)39-24)21(35-37-22)19-17(26)8-5-9-18(19)27/h4-11H,1-3H3/p+1. The largest absolute Gasteiger partial charge is 0.470 e. The molecule has 200 valence electrons. The second kappa shape index (κ2) is 9.90. The molecule has 0 spiro atoms. The molecule has 1 N–H and O–H groups in total. The fourth-order valence-electron chi connectivity index (χ4n) is 4.31.